The molecular weight excluding hydrogens is 266 g/mol. The third kappa shape index (κ3) is 2.87. The summed E-state index contributed by atoms with van der Waals surface area (Å²) in [5, 5.41) is 0.951. The lowest BCUT2D eigenvalue weighted by molar-refractivity contribution is 0.0916. The monoisotopic (exact) mass is 283 g/mol. The molecule has 108 valence electrons. The molecule has 0 aliphatic carbocycles. The van der Waals surface area contributed by atoms with E-state index in [4.69, 9.17) is 4.42 Å². The van der Waals surface area contributed by atoms with Gasteiger partial charge in [0.25, 0.3) is 0 Å². The van der Waals surface area contributed by atoms with Gasteiger partial charge in [0.2, 0.25) is 5.78 Å². The maximum Gasteiger partial charge on any atom is 0.211 e. The summed E-state index contributed by atoms with van der Waals surface area (Å²) >= 11 is 0. The Bertz CT molecular complexity index is 740. The fourth-order valence-electron chi connectivity index (χ4n) is 2.29. The van der Waals surface area contributed by atoms with Gasteiger partial charge in [-0.25, -0.2) is 4.98 Å². The van der Waals surface area contributed by atoms with Crippen molar-refractivity contribution in [3.63, 3.8) is 0 Å². The third-order valence-corrected chi connectivity index (χ3v) is 3.45. The number of fused-ring (bicyclic) bond motifs is 1. The van der Waals surface area contributed by atoms with E-state index >= 15 is 0 Å². The minimum absolute atomic E-state index is 0.0251. The van der Waals surface area contributed by atoms with Crippen LogP contribution in [0.15, 0.2) is 47.1 Å². The molecule has 2 aromatic heterocycles. The molecule has 0 unspecified atom stereocenters. The van der Waals surface area contributed by atoms with Crippen molar-refractivity contribution in [1.29, 1.82) is 0 Å². The fraction of sp³-hybridized carbons (Fsp3) is 0.250. The Morgan fingerprint density at radius 1 is 1.38 bits per heavy atom. The van der Waals surface area contributed by atoms with Crippen molar-refractivity contribution in [2.24, 2.45) is 7.05 Å². The van der Waals surface area contributed by atoms with E-state index in [0.29, 0.717) is 18.8 Å². The van der Waals surface area contributed by atoms with E-state index in [2.05, 4.69) is 4.98 Å². The SMILES string of the molecule is CN(CC(=O)c1cc2ccccc2o1)Cc1nccn1C. The lowest BCUT2D eigenvalue weighted by Gasteiger charge is -2.14. The Balaban J connectivity index is 1.69. The predicted octanol–water partition coefficient (Wildman–Crippen LogP) is 2.48. The minimum atomic E-state index is -0.0251. The van der Waals surface area contributed by atoms with Crippen molar-refractivity contribution in [3.8, 4) is 0 Å². The van der Waals surface area contributed by atoms with Crippen molar-refractivity contribution in [3.05, 3.63) is 54.3 Å². The van der Waals surface area contributed by atoms with Crippen LogP contribution in [0.4, 0.5) is 0 Å². The second-order valence-corrected chi connectivity index (χ2v) is 5.20. The van der Waals surface area contributed by atoms with Crippen molar-refractivity contribution >= 4 is 16.8 Å². The van der Waals surface area contributed by atoms with E-state index in [-0.39, 0.29) is 5.78 Å². The van der Waals surface area contributed by atoms with Gasteiger partial charge in [-0.1, -0.05) is 18.2 Å². The molecule has 0 amide bonds. The molecule has 0 bridgehead atoms. The highest BCUT2D eigenvalue weighted by Crippen LogP contribution is 2.19. The summed E-state index contributed by atoms with van der Waals surface area (Å²) in [5.41, 5.74) is 0.743. The van der Waals surface area contributed by atoms with Gasteiger partial charge in [-0.3, -0.25) is 9.69 Å². The number of carbonyl (C=O) groups excluding carboxylic acids is 1. The average molecular weight is 283 g/mol. The molecule has 0 fully saturated rings. The van der Waals surface area contributed by atoms with Gasteiger partial charge >= 0.3 is 0 Å². The third-order valence-electron chi connectivity index (χ3n) is 3.45. The van der Waals surface area contributed by atoms with Gasteiger partial charge in [-0.2, -0.15) is 0 Å². The Morgan fingerprint density at radius 2 is 2.19 bits per heavy atom. The van der Waals surface area contributed by atoms with Crippen molar-refractivity contribution in [2.75, 3.05) is 13.6 Å². The standard InChI is InChI=1S/C16H17N3O2/c1-18(11-16-17-7-8-19(16)2)10-13(20)15-9-12-5-3-4-6-14(12)21-15/h3-9H,10-11H2,1-2H3. The predicted molar refractivity (Wildman–Crippen MR) is 80.1 cm³/mol. The highest BCUT2D eigenvalue weighted by atomic mass is 16.3. The molecule has 2 heterocycles. The molecule has 0 aliphatic rings. The molecule has 1 aromatic carbocycles. The number of para-hydroxylation sites is 1. The Morgan fingerprint density at radius 3 is 2.90 bits per heavy atom. The van der Waals surface area contributed by atoms with Gasteiger partial charge in [0, 0.05) is 24.8 Å². The van der Waals surface area contributed by atoms with E-state index in [9.17, 15) is 4.79 Å². The van der Waals surface area contributed by atoms with Gasteiger partial charge in [-0.05, 0) is 19.2 Å². The van der Waals surface area contributed by atoms with Crippen LogP contribution in [-0.4, -0.2) is 33.8 Å². The van der Waals surface area contributed by atoms with Crippen LogP contribution in [0, 0.1) is 0 Å². The lowest BCUT2D eigenvalue weighted by Crippen LogP contribution is -2.26. The number of likely N-dealkylation sites (N-methyl/N-ethyl adjacent to an activating group) is 1. The number of imidazole rings is 1. The quantitative estimate of drug-likeness (QED) is 0.675. The summed E-state index contributed by atoms with van der Waals surface area (Å²) in [4.78, 5) is 18.5. The number of Topliss-reactive ketones (excluding diaryl/α,β-unsaturated/α-hetero) is 1. The number of furan rings is 1. The molecule has 0 spiro atoms. The number of ketones is 1. The zero-order valence-electron chi connectivity index (χ0n) is 12.1. The lowest BCUT2D eigenvalue weighted by atomic mass is 10.2. The van der Waals surface area contributed by atoms with Gasteiger partial charge in [0.15, 0.2) is 5.76 Å². The number of hydrogen-bond acceptors (Lipinski definition) is 4. The molecule has 21 heavy (non-hydrogen) atoms. The molecule has 5 heteroatoms. The fourth-order valence-corrected chi connectivity index (χ4v) is 2.29. The van der Waals surface area contributed by atoms with E-state index in [1.165, 1.54) is 0 Å². The topological polar surface area (TPSA) is 51.3 Å². The van der Waals surface area contributed by atoms with Crippen LogP contribution in [0.5, 0.6) is 0 Å². The van der Waals surface area contributed by atoms with E-state index < -0.39 is 0 Å². The van der Waals surface area contributed by atoms with Crippen molar-refractivity contribution < 1.29 is 9.21 Å². The van der Waals surface area contributed by atoms with Gasteiger partial charge in [0.1, 0.15) is 11.4 Å². The van der Waals surface area contributed by atoms with Crippen molar-refractivity contribution in [2.45, 2.75) is 6.54 Å². The first-order chi connectivity index (χ1) is 10.1. The van der Waals surface area contributed by atoms with Crippen molar-refractivity contribution in [1.82, 2.24) is 14.5 Å². The minimum Gasteiger partial charge on any atom is -0.453 e. The second kappa shape index (κ2) is 5.54. The first-order valence-electron chi connectivity index (χ1n) is 6.80. The Hall–Kier alpha value is -2.40. The van der Waals surface area contributed by atoms with Crippen LogP contribution in [0.2, 0.25) is 0 Å². The van der Waals surface area contributed by atoms with Gasteiger partial charge < -0.3 is 8.98 Å². The van der Waals surface area contributed by atoms with Gasteiger partial charge in [0.05, 0.1) is 13.1 Å². The van der Waals surface area contributed by atoms with E-state index in [1.807, 2.05) is 54.0 Å². The number of carbonyl (C=O) groups is 1. The maximum absolute atomic E-state index is 12.3. The summed E-state index contributed by atoms with van der Waals surface area (Å²) in [6.45, 7) is 0.919. The van der Waals surface area contributed by atoms with Gasteiger partial charge in [-0.15, -0.1) is 0 Å². The van der Waals surface area contributed by atoms with E-state index in [1.54, 1.807) is 12.3 Å². The first kappa shape index (κ1) is 13.6. The second-order valence-electron chi connectivity index (χ2n) is 5.20. The van der Waals surface area contributed by atoms with Crippen LogP contribution < -0.4 is 0 Å². The number of aryl methyl sites for hydroxylation is 1. The molecular formula is C16H17N3O2. The zero-order chi connectivity index (χ0) is 14.8. The highest BCUT2D eigenvalue weighted by molar-refractivity contribution is 5.98. The molecule has 3 aromatic rings. The summed E-state index contributed by atoms with van der Waals surface area (Å²) < 4.78 is 7.54. The molecule has 0 saturated carbocycles. The number of benzene rings is 1. The molecule has 0 N–H and O–H groups in total. The van der Waals surface area contributed by atoms with E-state index in [0.717, 1.165) is 16.8 Å². The molecule has 0 saturated heterocycles. The number of hydrogen-bond donors (Lipinski definition) is 0. The molecule has 5 nitrogen and oxygen atoms in total. The number of rotatable bonds is 5. The highest BCUT2D eigenvalue weighted by Gasteiger charge is 2.15. The molecule has 3 rings (SSSR count). The first-order valence-corrected chi connectivity index (χ1v) is 6.80. The van der Waals surface area contributed by atoms with Crippen LogP contribution in [0.3, 0.4) is 0 Å². The Kier molecular flexibility index (Phi) is 3.58. The summed E-state index contributed by atoms with van der Waals surface area (Å²) in [5.74, 6) is 1.31. The normalized spacial score (nSPS) is 11.4. The van der Waals surface area contributed by atoms with Crippen LogP contribution in [0.1, 0.15) is 16.4 Å². The molecule has 0 atom stereocenters. The zero-order valence-corrected chi connectivity index (χ0v) is 12.1. The molecule has 0 radical (unpaired) electrons. The summed E-state index contributed by atoms with van der Waals surface area (Å²) in [6, 6.07) is 9.43. The van der Waals surface area contributed by atoms with Crippen LogP contribution in [-0.2, 0) is 13.6 Å². The molecule has 0 aliphatic heterocycles. The average Bonchev–Trinajstić information content (AvgIpc) is 3.05. The number of nitrogens with zero attached hydrogens (tertiary/aromatic N) is 3. The summed E-state index contributed by atoms with van der Waals surface area (Å²) in [7, 11) is 3.84. The number of aromatic nitrogens is 2. The van der Waals surface area contributed by atoms with Crippen LogP contribution >= 0.6 is 0 Å². The Labute approximate surface area is 122 Å². The summed E-state index contributed by atoms with van der Waals surface area (Å²) in [6.07, 6.45) is 3.65. The van der Waals surface area contributed by atoms with Crippen LogP contribution in [0.25, 0.3) is 11.0 Å². The maximum atomic E-state index is 12.3. The smallest absolute Gasteiger partial charge is 0.211 e. The largest absolute Gasteiger partial charge is 0.453 e.